The molecule has 0 atom stereocenters. The van der Waals surface area contributed by atoms with E-state index in [-0.39, 0.29) is 34.5 Å². The fourth-order valence-electron chi connectivity index (χ4n) is 7.42. The summed E-state index contributed by atoms with van der Waals surface area (Å²) in [7, 11) is -8.04. The zero-order valence-corrected chi connectivity index (χ0v) is 39.7. The lowest BCUT2D eigenvalue weighted by atomic mass is 10.1. The molecule has 0 aliphatic heterocycles. The molecule has 0 aromatic heterocycles. The Balaban J connectivity index is 0.990. The Hall–Kier alpha value is -8.14. The summed E-state index contributed by atoms with van der Waals surface area (Å²) in [6.07, 6.45) is 0. The van der Waals surface area contributed by atoms with Gasteiger partial charge in [-0.25, -0.2) is 0 Å². The molecule has 70 heavy (non-hydrogen) atoms. The van der Waals surface area contributed by atoms with E-state index in [1.165, 1.54) is 19.2 Å². The largest absolute Gasteiger partial charge is 0.505 e. The predicted molar refractivity (Wildman–Crippen MR) is 266 cm³/mol. The molecular formula is C50H43N9O9S2. The van der Waals surface area contributed by atoms with Crippen LogP contribution in [-0.4, -0.2) is 43.3 Å². The van der Waals surface area contributed by atoms with Crippen LogP contribution in [-0.2, 0) is 26.8 Å². The van der Waals surface area contributed by atoms with Gasteiger partial charge in [-0.3, -0.25) is 9.11 Å². The quantitative estimate of drug-likeness (QED) is 0.0508. The van der Waals surface area contributed by atoms with Gasteiger partial charge in [0, 0.05) is 33.8 Å². The number of aliphatic hydroxyl groups is 1. The summed E-state index contributed by atoms with van der Waals surface area (Å²) in [5, 5.41) is 61.2. The Morgan fingerprint density at radius 3 is 1.56 bits per heavy atom. The normalized spacial score (nSPS) is 12.4. The van der Waals surface area contributed by atoms with Crippen LogP contribution in [0.15, 0.2) is 178 Å². The van der Waals surface area contributed by atoms with E-state index in [0.717, 1.165) is 46.1 Å². The number of aliphatic hydroxyl groups excluding tert-OH is 1. The van der Waals surface area contributed by atoms with Crippen molar-refractivity contribution in [1.29, 1.82) is 0 Å². The highest BCUT2D eigenvalue weighted by molar-refractivity contribution is 7.86. The third-order valence-corrected chi connectivity index (χ3v) is 12.9. The lowest BCUT2D eigenvalue weighted by Gasteiger charge is -2.10. The molecule has 0 amide bonds. The van der Waals surface area contributed by atoms with Crippen molar-refractivity contribution in [3.63, 3.8) is 0 Å². The predicted octanol–water partition coefficient (Wildman–Crippen LogP) is 14.3. The van der Waals surface area contributed by atoms with Gasteiger partial charge in [0.25, 0.3) is 20.2 Å². The topological polar surface area (TPSA) is 269 Å². The van der Waals surface area contributed by atoms with E-state index in [2.05, 4.69) is 46.2 Å². The van der Waals surface area contributed by atoms with Crippen molar-refractivity contribution in [2.75, 3.05) is 12.4 Å². The summed E-state index contributed by atoms with van der Waals surface area (Å²) in [6.45, 7) is 6.80. The first-order chi connectivity index (χ1) is 33.4. The number of nitrogens with zero attached hydrogens (tertiary/aromatic N) is 8. The highest BCUT2D eigenvalue weighted by atomic mass is 32.2. The Morgan fingerprint density at radius 1 is 0.471 bits per heavy atom. The Morgan fingerprint density at radius 2 is 1.00 bits per heavy atom. The maximum absolute atomic E-state index is 12.3. The number of aromatic hydroxyl groups is 1. The van der Waals surface area contributed by atoms with Gasteiger partial charge >= 0.3 is 0 Å². The number of anilines is 2. The second-order valence-corrected chi connectivity index (χ2v) is 18.8. The molecule has 8 aromatic carbocycles. The van der Waals surface area contributed by atoms with Gasteiger partial charge in [-0.2, -0.15) is 42.4 Å². The Labute approximate surface area is 402 Å². The van der Waals surface area contributed by atoms with Crippen LogP contribution in [0.3, 0.4) is 0 Å². The van der Waals surface area contributed by atoms with Crippen LogP contribution in [0, 0.1) is 27.7 Å². The molecule has 0 spiro atoms. The molecule has 8 rings (SSSR count). The third-order valence-electron chi connectivity index (χ3n) is 11.1. The third kappa shape index (κ3) is 10.6. The number of azo groups is 4. The van der Waals surface area contributed by atoms with Gasteiger partial charge in [-0.1, -0.05) is 36.4 Å². The first-order valence-electron chi connectivity index (χ1n) is 21.2. The van der Waals surface area contributed by atoms with Crippen LogP contribution < -0.4 is 10.1 Å². The first-order valence-corrected chi connectivity index (χ1v) is 24.1. The second kappa shape index (κ2) is 19.8. The number of aryl methyl sites for hydroxylation is 4. The lowest BCUT2D eigenvalue weighted by molar-refractivity contribution is 0.282. The van der Waals surface area contributed by atoms with E-state index >= 15 is 0 Å². The summed E-state index contributed by atoms with van der Waals surface area (Å²) in [4.78, 5) is -1.07. The van der Waals surface area contributed by atoms with E-state index in [4.69, 9.17) is 4.74 Å². The molecule has 0 unspecified atom stereocenters. The van der Waals surface area contributed by atoms with Crippen molar-refractivity contribution in [2.24, 2.45) is 40.9 Å². The molecule has 5 N–H and O–H groups in total. The van der Waals surface area contributed by atoms with Crippen LogP contribution >= 0.6 is 0 Å². The maximum Gasteiger partial charge on any atom is 0.296 e. The number of rotatable bonds is 14. The van der Waals surface area contributed by atoms with Crippen molar-refractivity contribution in [3.05, 3.63) is 155 Å². The fourth-order valence-corrected chi connectivity index (χ4v) is 8.76. The number of phenolic OH excluding ortho intramolecular Hbond substituents is 1. The number of benzene rings is 8. The first kappa shape index (κ1) is 48.3. The number of phenols is 1. The minimum Gasteiger partial charge on any atom is -0.505 e. The highest BCUT2D eigenvalue weighted by Gasteiger charge is 2.21. The number of para-hydroxylation sites is 1. The van der Waals surface area contributed by atoms with Crippen LogP contribution in [0.5, 0.6) is 11.5 Å². The number of nitrogens with one attached hydrogen (secondary N) is 1. The highest BCUT2D eigenvalue weighted by Crippen LogP contribution is 2.42. The van der Waals surface area contributed by atoms with Crippen molar-refractivity contribution in [1.82, 2.24) is 0 Å². The number of ether oxygens (including phenoxy) is 1. The number of fused-ring (bicyclic) bond motifs is 2. The molecule has 0 saturated carbocycles. The molecule has 354 valence electrons. The van der Waals surface area contributed by atoms with E-state index in [1.807, 2.05) is 74.5 Å². The minimum absolute atomic E-state index is 0.0210. The molecule has 8 aromatic rings. The minimum atomic E-state index is -4.82. The van der Waals surface area contributed by atoms with Crippen LogP contribution in [0.4, 0.5) is 56.9 Å². The molecular weight excluding hydrogens is 935 g/mol. The zero-order valence-electron chi connectivity index (χ0n) is 38.1. The summed E-state index contributed by atoms with van der Waals surface area (Å²) in [5.74, 6) is 0.271. The van der Waals surface area contributed by atoms with Gasteiger partial charge in [0.05, 0.1) is 42.2 Å². The van der Waals surface area contributed by atoms with E-state index in [1.54, 1.807) is 50.2 Å². The van der Waals surface area contributed by atoms with Crippen molar-refractivity contribution < 1.29 is 40.9 Å². The van der Waals surface area contributed by atoms with Gasteiger partial charge in [-0.05, 0) is 146 Å². The number of methoxy groups -OCH3 is 1. The van der Waals surface area contributed by atoms with Gasteiger partial charge in [0.1, 0.15) is 32.6 Å². The van der Waals surface area contributed by atoms with Gasteiger partial charge in [0.2, 0.25) is 0 Å². The molecule has 0 aliphatic rings. The standard InChI is InChI=1S/C50H43N9O9S2/c1-28-20-42(55-57-44-26-47(68-5)45(23-34(44)27-60)58-52-39-17-14-33-22-36(15-16-37(33)50(39)61)51-35-11-7-6-8-12-35)30(3)18-40(28)53-54-41-19-31(4)43(21-29(41)2)56-59-46-25-38-32(24-49(46)70(65,66)67)10-9-13-48(38)69(62,63)64/h6-26,51,60-61H,27H2,1-5H3,(H,62,63,64)(H,65,66,67). The average Bonchev–Trinajstić information content (AvgIpc) is 3.33. The molecule has 18 nitrogen and oxygen atoms in total. The van der Waals surface area contributed by atoms with E-state index < -0.39 is 30.0 Å². The monoisotopic (exact) mass is 977 g/mol. The number of hydrogen-bond acceptors (Lipinski definition) is 16. The second-order valence-electron chi connectivity index (χ2n) is 16.1. The van der Waals surface area contributed by atoms with Crippen LogP contribution in [0.25, 0.3) is 21.5 Å². The maximum atomic E-state index is 12.3. The molecule has 0 heterocycles. The van der Waals surface area contributed by atoms with Crippen LogP contribution in [0.2, 0.25) is 0 Å². The average molecular weight is 978 g/mol. The Kier molecular flexibility index (Phi) is 13.7. The van der Waals surface area contributed by atoms with E-state index in [0.29, 0.717) is 62.0 Å². The smallest absolute Gasteiger partial charge is 0.296 e. The molecule has 20 heteroatoms. The summed E-state index contributed by atoms with van der Waals surface area (Å²) in [5.41, 5.74) is 7.38. The van der Waals surface area contributed by atoms with Gasteiger partial charge < -0.3 is 20.3 Å². The van der Waals surface area contributed by atoms with Crippen molar-refractivity contribution in [2.45, 2.75) is 44.1 Å². The summed E-state index contributed by atoms with van der Waals surface area (Å²) >= 11 is 0. The van der Waals surface area contributed by atoms with E-state index in [9.17, 15) is 36.2 Å². The number of hydrogen-bond donors (Lipinski definition) is 5. The van der Waals surface area contributed by atoms with Crippen LogP contribution in [0.1, 0.15) is 27.8 Å². The van der Waals surface area contributed by atoms with Crippen molar-refractivity contribution >= 4 is 98.7 Å². The zero-order chi connectivity index (χ0) is 49.9. The summed E-state index contributed by atoms with van der Waals surface area (Å²) < 4.78 is 74.0. The molecule has 0 fully saturated rings. The molecule has 0 radical (unpaired) electrons. The SMILES string of the molecule is COc1cc(N=Nc2cc(C)c(N=Nc3cc(C)c(N=Nc4cc5c(S(=O)(=O)O)cccc5cc4S(=O)(=O)O)cc3C)cc2C)c(CO)cc1N=Nc1ccc2cc(Nc3ccccc3)ccc2c1O. The lowest BCUT2D eigenvalue weighted by Crippen LogP contribution is -2.01. The van der Waals surface area contributed by atoms with Gasteiger partial charge in [-0.15, -0.1) is 15.3 Å². The Bertz CT molecular complexity index is 3730. The molecule has 0 bridgehead atoms. The molecule has 0 aliphatic carbocycles. The van der Waals surface area contributed by atoms with Gasteiger partial charge in [0.15, 0.2) is 5.75 Å². The summed E-state index contributed by atoms with van der Waals surface area (Å²) in [6, 6.07) is 35.1. The van der Waals surface area contributed by atoms with Crippen molar-refractivity contribution in [3.8, 4) is 11.5 Å². The molecule has 0 saturated heterocycles. The fraction of sp³-hybridized carbons (Fsp3) is 0.120.